The molecule has 0 atom stereocenters. The van der Waals surface area contributed by atoms with Crippen molar-refractivity contribution in [1.29, 1.82) is 5.26 Å². The van der Waals surface area contributed by atoms with Crippen LogP contribution in [0.4, 0.5) is 0 Å². The summed E-state index contributed by atoms with van der Waals surface area (Å²) in [6.45, 7) is 1.70. The van der Waals surface area contributed by atoms with Crippen LogP contribution in [0.15, 0.2) is 0 Å². The van der Waals surface area contributed by atoms with Gasteiger partial charge in [0, 0.05) is 25.9 Å². The molecular weight excluding hydrogens is 168 g/mol. The van der Waals surface area contributed by atoms with E-state index in [1.54, 1.807) is 5.06 Å². The van der Waals surface area contributed by atoms with Crippen LogP contribution in [0.2, 0.25) is 0 Å². The van der Waals surface area contributed by atoms with Crippen molar-refractivity contribution in [3.63, 3.8) is 0 Å². The van der Waals surface area contributed by atoms with Gasteiger partial charge in [-0.3, -0.25) is 4.79 Å². The average molecular weight is 182 g/mol. The summed E-state index contributed by atoms with van der Waals surface area (Å²) >= 11 is 0. The molecule has 0 aromatic carbocycles. The van der Waals surface area contributed by atoms with Gasteiger partial charge in [0.15, 0.2) is 0 Å². The molecule has 1 rings (SSSR count). The Balaban J connectivity index is 2.07. The topological polar surface area (TPSA) is 53.3 Å². The monoisotopic (exact) mass is 182 g/mol. The Hall–Kier alpha value is -1.08. The number of nitriles is 1. The zero-order chi connectivity index (χ0) is 9.52. The van der Waals surface area contributed by atoms with Gasteiger partial charge in [-0.05, 0) is 19.3 Å². The second-order valence-corrected chi connectivity index (χ2v) is 3.11. The van der Waals surface area contributed by atoms with Gasteiger partial charge < -0.3 is 4.84 Å². The van der Waals surface area contributed by atoms with E-state index in [0.29, 0.717) is 19.3 Å². The lowest BCUT2D eigenvalue weighted by atomic mass is 10.2. The van der Waals surface area contributed by atoms with E-state index in [9.17, 15) is 4.79 Å². The molecule has 1 saturated heterocycles. The molecule has 0 aliphatic carbocycles. The van der Waals surface area contributed by atoms with E-state index in [-0.39, 0.29) is 5.97 Å². The predicted octanol–water partition coefficient (Wildman–Crippen LogP) is 1.23. The molecular formula is C9H14N2O2. The van der Waals surface area contributed by atoms with Gasteiger partial charge in [0.2, 0.25) is 0 Å². The van der Waals surface area contributed by atoms with Crippen molar-refractivity contribution in [2.75, 3.05) is 13.1 Å². The zero-order valence-electron chi connectivity index (χ0n) is 7.66. The van der Waals surface area contributed by atoms with Crippen LogP contribution in [-0.4, -0.2) is 24.1 Å². The summed E-state index contributed by atoms with van der Waals surface area (Å²) < 4.78 is 0. The Morgan fingerprint density at radius 2 is 2.15 bits per heavy atom. The molecule has 0 saturated carbocycles. The summed E-state index contributed by atoms with van der Waals surface area (Å²) in [5, 5.41) is 9.95. The highest BCUT2D eigenvalue weighted by atomic mass is 16.7. The number of hydrogen-bond donors (Lipinski definition) is 0. The van der Waals surface area contributed by atoms with E-state index in [1.165, 1.54) is 0 Å². The molecule has 0 spiro atoms. The summed E-state index contributed by atoms with van der Waals surface area (Å²) in [6.07, 6.45) is 3.58. The molecule has 4 heteroatoms. The van der Waals surface area contributed by atoms with Gasteiger partial charge in [0.05, 0.1) is 6.07 Å². The molecule has 1 aliphatic rings. The quantitative estimate of drug-likeness (QED) is 0.614. The van der Waals surface area contributed by atoms with E-state index in [2.05, 4.69) is 0 Å². The Morgan fingerprint density at radius 1 is 1.46 bits per heavy atom. The first-order valence-electron chi connectivity index (χ1n) is 4.65. The largest absolute Gasteiger partial charge is 0.368 e. The molecule has 13 heavy (non-hydrogen) atoms. The van der Waals surface area contributed by atoms with Gasteiger partial charge in [-0.15, -0.1) is 5.06 Å². The van der Waals surface area contributed by atoms with E-state index >= 15 is 0 Å². The number of unbranched alkanes of at least 4 members (excludes halogenated alkanes) is 1. The highest BCUT2D eigenvalue weighted by Crippen LogP contribution is 2.09. The van der Waals surface area contributed by atoms with Crippen molar-refractivity contribution in [3.8, 4) is 6.07 Å². The van der Waals surface area contributed by atoms with Crippen LogP contribution in [0.5, 0.6) is 0 Å². The number of hydroxylamine groups is 2. The van der Waals surface area contributed by atoms with E-state index < -0.39 is 0 Å². The lowest BCUT2D eigenvalue weighted by Gasteiger charge is -2.13. The molecule has 0 aromatic heterocycles. The molecule has 0 N–H and O–H groups in total. The SMILES string of the molecule is N#CCCCC(=O)ON1CCCC1. The second kappa shape index (κ2) is 5.55. The first-order chi connectivity index (χ1) is 6.33. The van der Waals surface area contributed by atoms with Gasteiger partial charge in [-0.25, -0.2) is 0 Å². The number of carbonyl (C=O) groups is 1. The molecule has 1 fully saturated rings. The van der Waals surface area contributed by atoms with Crippen molar-refractivity contribution in [2.45, 2.75) is 32.1 Å². The average Bonchev–Trinajstić information content (AvgIpc) is 2.57. The van der Waals surface area contributed by atoms with Gasteiger partial charge in [0.1, 0.15) is 0 Å². The normalized spacial score (nSPS) is 16.8. The van der Waals surface area contributed by atoms with Gasteiger partial charge in [-0.1, -0.05) is 0 Å². The Morgan fingerprint density at radius 3 is 2.77 bits per heavy atom. The van der Waals surface area contributed by atoms with Crippen molar-refractivity contribution in [3.05, 3.63) is 0 Å². The smallest absolute Gasteiger partial charge is 0.325 e. The van der Waals surface area contributed by atoms with E-state index in [0.717, 1.165) is 25.9 Å². The maximum atomic E-state index is 11.1. The number of hydrogen-bond acceptors (Lipinski definition) is 4. The second-order valence-electron chi connectivity index (χ2n) is 3.11. The fourth-order valence-corrected chi connectivity index (χ4v) is 1.28. The van der Waals surface area contributed by atoms with Gasteiger partial charge in [0.25, 0.3) is 0 Å². The molecule has 0 amide bonds. The van der Waals surface area contributed by atoms with Crippen LogP contribution < -0.4 is 0 Å². The first-order valence-corrected chi connectivity index (χ1v) is 4.65. The molecule has 0 aromatic rings. The third-order valence-electron chi connectivity index (χ3n) is 1.97. The molecule has 0 unspecified atom stereocenters. The number of nitrogens with zero attached hydrogens (tertiary/aromatic N) is 2. The van der Waals surface area contributed by atoms with E-state index in [1.807, 2.05) is 6.07 Å². The maximum absolute atomic E-state index is 11.1. The standard InChI is InChI=1S/C9H14N2O2/c10-6-2-1-5-9(12)13-11-7-3-4-8-11/h1-5,7-8H2. The fourth-order valence-electron chi connectivity index (χ4n) is 1.28. The van der Waals surface area contributed by atoms with Crippen molar-refractivity contribution in [1.82, 2.24) is 5.06 Å². The molecule has 4 nitrogen and oxygen atoms in total. The first kappa shape index (κ1) is 10.0. The molecule has 0 radical (unpaired) electrons. The molecule has 1 heterocycles. The minimum Gasteiger partial charge on any atom is -0.368 e. The van der Waals surface area contributed by atoms with Crippen molar-refractivity contribution in [2.24, 2.45) is 0 Å². The Bertz CT molecular complexity index is 204. The van der Waals surface area contributed by atoms with Crippen molar-refractivity contribution >= 4 is 5.97 Å². The lowest BCUT2D eigenvalue weighted by Crippen LogP contribution is -2.23. The minimum absolute atomic E-state index is 0.211. The molecule has 1 aliphatic heterocycles. The summed E-state index contributed by atoms with van der Waals surface area (Å²) in [7, 11) is 0. The molecule has 0 bridgehead atoms. The van der Waals surface area contributed by atoms with Gasteiger partial charge in [-0.2, -0.15) is 5.26 Å². The lowest BCUT2D eigenvalue weighted by molar-refractivity contribution is -0.185. The zero-order valence-corrected chi connectivity index (χ0v) is 7.66. The number of carbonyl (C=O) groups excluding carboxylic acids is 1. The van der Waals surface area contributed by atoms with E-state index in [4.69, 9.17) is 10.1 Å². The summed E-state index contributed by atoms with van der Waals surface area (Å²) in [5.74, 6) is -0.211. The Labute approximate surface area is 78.0 Å². The van der Waals surface area contributed by atoms with Crippen LogP contribution in [0.1, 0.15) is 32.1 Å². The van der Waals surface area contributed by atoms with Crippen molar-refractivity contribution < 1.29 is 9.63 Å². The summed E-state index contributed by atoms with van der Waals surface area (Å²) in [6, 6.07) is 2.00. The van der Waals surface area contributed by atoms with Crippen LogP contribution in [0.25, 0.3) is 0 Å². The van der Waals surface area contributed by atoms with Crippen LogP contribution >= 0.6 is 0 Å². The van der Waals surface area contributed by atoms with Crippen LogP contribution in [0.3, 0.4) is 0 Å². The summed E-state index contributed by atoms with van der Waals surface area (Å²) in [4.78, 5) is 16.1. The predicted molar refractivity (Wildman–Crippen MR) is 46.4 cm³/mol. The summed E-state index contributed by atoms with van der Waals surface area (Å²) in [5.41, 5.74) is 0. The third-order valence-corrected chi connectivity index (χ3v) is 1.97. The number of rotatable bonds is 4. The maximum Gasteiger partial charge on any atom is 0.325 e. The molecule has 72 valence electrons. The highest BCUT2D eigenvalue weighted by Gasteiger charge is 2.15. The van der Waals surface area contributed by atoms with Crippen LogP contribution in [0, 0.1) is 11.3 Å². The Kier molecular flexibility index (Phi) is 4.27. The highest BCUT2D eigenvalue weighted by molar-refractivity contribution is 5.68. The van der Waals surface area contributed by atoms with Gasteiger partial charge >= 0.3 is 5.97 Å². The fraction of sp³-hybridized carbons (Fsp3) is 0.778. The van der Waals surface area contributed by atoms with Crippen LogP contribution in [-0.2, 0) is 9.63 Å². The minimum atomic E-state index is -0.211. The third kappa shape index (κ3) is 3.90.